The van der Waals surface area contributed by atoms with Crippen LogP contribution in [0.3, 0.4) is 0 Å². The van der Waals surface area contributed by atoms with Crippen molar-refractivity contribution < 1.29 is 28.6 Å². The van der Waals surface area contributed by atoms with Crippen LogP contribution in [0.15, 0.2) is 64.2 Å². The summed E-state index contributed by atoms with van der Waals surface area (Å²) in [6.07, 6.45) is 3.87. The highest BCUT2D eigenvalue weighted by Crippen LogP contribution is 2.40. The van der Waals surface area contributed by atoms with Gasteiger partial charge in [-0.1, -0.05) is 42.5 Å². The number of fused-ring (bicyclic) bond motifs is 2. The molecule has 1 aliphatic carbocycles. The Labute approximate surface area is 248 Å². The number of ether oxygens (including phenoxy) is 3. The lowest BCUT2D eigenvalue weighted by atomic mass is 10.1. The fraction of sp³-hybridized carbons (Fsp3) is 0.200. The predicted octanol–water partition coefficient (Wildman–Crippen LogP) is 5.62. The third-order valence-electron chi connectivity index (χ3n) is 6.63. The van der Waals surface area contributed by atoms with Crippen molar-refractivity contribution in [3.63, 3.8) is 0 Å². The van der Waals surface area contributed by atoms with Crippen molar-refractivity contribution in [2.24, 2.45) is 5.10 Å². The second-order valence-electron chi connectivity index (χ2n) is 9.17. The summed E-state index contributed by atoms with van der Waals surface area (Å²) in [6, 6.07) is 17.6. The van der Waals surface area contributed by atoms with E-state index < -0.39 is 17.8 Å². The molecule has 0 saturated heterocycles. The van der Waals surface area contributed by atoms with E-state index in [0.29, 0.717) is 38.7 Å². The number of esters is 1. The number of nitrogens with zero attached hydrogens (tertiary/aromatic N) is 1. The van der Waals surface area contributed by atoms with Crippen LogP contribution in [0.5, 0.6) is 11.5 Å². The van der Waals surface area contributed by atoms with Crippen LogP contribution < -0.4 is 20.2 Å². The van der Waals surface area contributed by atoms with E-state index in [1.807, 2.05) is 24.3 Å². The number of benzene rings is 3. The Hall–Kier alpha value is -4.22. The van der Waals surface area contributed by atoms with Crippen LogP contribution in [0.1, 0.15) is 38.3 Å². The molecule has 3 aromatic carbocycles. The number of methoxy groups -OCH3 is 2. The normalized spacial score (nSPS) is 12.3. The second kappa shape index (κ2) is 12.5. The number of hydrogen-bond acceptors (Lipinski definition) is 8. The van der Waals surface area contributed by atoms with Gasteiger partial charge in [0.15, 0.2) is 11.5 Å². The zero-order valence-corrected chi connectivity index (χ0v) is 24.7. The topological polar surface area (TPSA) is 115 Å². The van der Waals surface area contributed by atoms with Crippen LogP contribution in [-0.4, -0.2) is 38.2 Å². The summed E-state index contributed by atoms with van der Waals surface area (Å²) in [5, 5.41) is 8.98. The van der Waals surface area contributed by atoms with Gasteiger partial charge in [-0.3, -0.25) is 9.59 Å². The van der Waals surface area contributed by atoms with E-state index in [2.05, 4.69) is 50.0 Å². The highest BCUT2D eigenvalue weighted by atomic mass is 79.9. The fourth-order valence-electron chi connectivity index (χ4n) is 4.71. The van der Waals surface area contributed by atoms with Gasteiger partial charge in [0.05, 0.1) is 30.5 Å². The molecule has 210 valence electrons. The molecule has 0 atom stereocenters. The summed E-state index contributed by atoms with van der Waals surface area (Å²) in [5.41, 5.74) is 5.04. The maximum absolute atomic E-state index is 12.5. The van der Waals surface area contributed by atoms with E-state index in [1.165, 1.54) is 31.8 Å². The van der Waals surface area contributed by atoms with Crippen LogP contribution >= 0.6 is 27.3 Å². The summed E-state index contributed by atoms with van der Waals surface area (Å²) >= 11 is 4.82. The number of rotatable bonds is 8. The first-order valence-corrected chi connectivity index (χ1v) is 14.3. The Morgan fingerprint density at radius 2 is 1.85 bits per heavy atom. The molecular weight excluding hydrogens is 610 g/mol. The maximum Gasteiger partial charge on any atom is 0.341 e. The van der Waals surface area contributed by atoms with Gasteiger partial charge in [-0.15, -0.1) is 11.3 Å². The van der Waals surface area contributed by atoms with Gasteiger partial charge >= 0.3 is 17.8 Å². The van der Waals surface area contributed by atoms with Crippen molar-refractivity contribution in [3.05, 3.63) is 86.2 Å². The highest BCUT2D eigenvalue weighted by Gasteiger charge is 2.29. The third kappa shape index (κ3) is 6.10. The molecule has 1 aliphatic rings. The molecule has 0 aliphatic heterocycles. The minimum atomic E-state index is -0.980. The Kier molecular flexibility index (Phi) is 8.65. The standard InChI is InChI=1S/C30H26BrN3O6S/c1-38-23-14-17(13-22(31)26(23)40-16-19-9-5-8-18-7-3-4-10-20(18)19)15-32-34-28(36)27(35)33-29-25(30(37)39-2)21-11-6-12-24(21)41-29/h3-5,7-10,13-15H,6,11-12,16H2,1-2H3,(H,33,35)(H,34,36)/b32-15+. The van der Waals surface area contributed by atoms with E-state index >= 15 is 0 Å². The average Bonchev–Trinajstić information content (AvgIpc) is 3.57. The number of carbonyl (C=O) groups is 3. The number of aryl methyl sites for hydroxylation is 1. The van der Waals surface area contributed by atoms with Crippen LogP contribution in [0.25, 0.3) is 10.8 Å². The minimum absolute atomic E-state index is 0.304. The summed E-state index contributed by atoms with van der Waals surface area (Å²) in [6.45, 7) is 0.333. The first-order chi connectivity index (χ1) is 19.9. The molecule has 2 N–H and O–H groups in total. The number of amides is 2. The largest absolute Gasteiger partial charge is 0.493 e. The molecule has 1 heterocycles. The zero-order valence-electron chi connectivity index (χ0n) is 22.3. The molecule has 0 unspecified atom stereocenters. The van der Waals surface area contributed by atoms with Crippen molar-refractivity contribution in [1.29, 1.82) is 0 Å². The minimum Gasteiger partial charge on any atom is -0.493 e. The second-order valence-corrected chi connectivity index (χ2v) is 11.1. The first kappa shape index (κ1) is 28.3. The van der Waals surface area contributed by atoms with Crippen LogP contribution in [0, 0.1) is 0 Å². The number of carbonyl (C=O) groups excluding carboxylic acids is 3. The lowest BCUT2D eigenvalue weighted by molar-refractivity contribution is -0.136. The molecule has 0 spiro atoms. The van der Waals surface area contributed by atoms with Crippen molar-refractivity contribution in [2.75, 3.05) is 19.5 Å². The molecular formula is C30H26BrN3O6S. The Morgan fingerprint density at radius 3 is 2.66 bits per heavy atom. The van der Waals surface area contributed by atoms with Crippen molar-refractivity contribution in [2.45, 2.75) is 25.9 Å². The summed E-state index contributed by atoms with van der Waals surface area (Å²) in [7, 11) is 2.81. The number of anilines is 1. The molecule has 5 rings (SSSR count). The molecule has 4 aromatic rings. The molecule has 0 fully saturated rings. The van der Waals surface area contributed by atoms with Gasteiger partial charge in [0.25, 0.3) is 0 Å². The highest BCUT2D eigenvalue weighted by molar-refractivity contribution is 9.10. The smallest absolute Gasteiger partial charge is 0.341 e. The van der Waals surface area contributed by atoms with E-state index in [9.17, 15) is 14.4 Å². The SMILES string of the molecule is COC(=O)c1c(NC(=O)C(=O)N/N=C/c2cc(Br)c(OCc3cccc4ccccc34)c(OC)c2)sc2c1CCC2. The quantitative estimate of drug-likeness (QED) is 0.112. The molecule has 0 saturated carbocycles. The number of thiophene rings is 1. The summed E-state index contributed by atoms with van der Waals surface area (Å²) < 4.78 is 17.2. The van der Waals surface area contributed by atoms with Crippen molar-refractivity contribution in [3.8, 4) is 11.5 Å². The van der Waals surface area contributed by atoms with E-state index in [4.69, 9.17) is 14.2 Å². The van der Waals surface area contributed by atoms with Crippen LogP contribution in [0.2, 0.25) is 0 Å². The Morgan fingerprint density at radius 1 is 1.05 bits per heavy atom. The predicted molar refractivity (Wildman–Crippen MR) is 161 cm³/mol. The Balaban J connectivity index is 1.24. The van der Waals surface area contributed by atoms with Gasteiger partial charge in [-0.05, 0) is 74.8 Å². The Bertz CT molecular complexity index is 1680. The number of nitrogens with one attached hydrogen (secondary N) is 2. The fourth-order valence-corrected chi connectivity index (χ4v) is 6.56. The molecule has 11 heteroatoms. The first-order valence-electron chi connectivity index (χ1n) is 12.7. The summed E-state index contributed by atoms with van der Waals surface area (Å²) in [4.78, 5) is 38.3. The van der Waals surface area contributed by atoms with Crippen molar-refractivity contribution in [1.82, 2.24) is 5.43 Å². The van der Waals surface area contributed by atoms with Crippen LogP contribution in [-0.2, 0) is 33.8 Å². The summed E-state index contributed by atoms with van der Waals surface area (Å²) in [5.74, 6) is -1.48. The van der Waals surface area contributed by atoms with Gasteiger partial charge in [-0.25, -0.2) is 10.2 Å². The van der Waals surface area contributed by atoms with E-state index in [-0.39, 0.29) is 0 Å². The van der Waals surface area contributed by atoms with Crippen molar-refractivity contribution >= 4 is 67.0 Å². The number of hydrogen-bond donors (Lipinski definition) is 2. The van der Waals surface area contributed by atoms with E-state index in [1.54, 1.807) is 12.1 Å². The molecule has 2 amide bonds. The molecule has 9 nitrogen and oxygen atoms in total. The molecule has 0 radical (unpaired) electrons. The van der Waals surface area contributed by atoms with Gasteiger partial charge in [0.2, 0.25) is 0 Å². The van der Waals surface area contributed by atoms with Gasteiger partial charge in [0, 0.05) is 4.88 Å². The average molecular weight is 637 g/mol. The van der Waals surface area contributed by atoms with Gasteiger partial charge in [0.1, 0.15) is 11.6 Å². The lowest BCUT2D eigenvalue weighted by Gasteiger charge is -2.14. The molecule has 41 heavy (non-hydrogen) atoms. The number of halogens is 1. The van der Waals surface area contributed by atoms with E-state index in [0.717, 1.165) is 46.0 Å². The lowest BCUT2D eigenvalue weighted by Crippen LogP contribution is -2.32. The molecule has 1 aromatic heterocycles. The monoisotopic (exact) mass is 635 g/mol. The third-order valence-corrected chi connectivity index (χ3v) is 8.42. The zero-order chi connectivity index (χ0) is 28.9. The van der Waals surface area contributed by atoms with Gasteiger partial charge in [-0.2, -0.15) is 5.10 Å². The maximum atomic E-state index is 12.5. The van der Waals surface area contributed by atoms with Crippen LogP contribution in [0.4, 0.5) is 5.00 Å². The molecule has 0 bridgehead atoms. The van der Waals surface area contributed by atoms with Gasteiger partial charge < -0.3 is 19.5 Å². The number of hydrazone groups is 1.